The van der Waals surface area contributed by atoms with Crippen LogP contribution in [-0.2, 0) is 4.79 Å². The van der Waals surface area contributed by atoms with Gasteiger partial charge >= 0.3 is 0 Å². The molecule has 0 bridgehead atoms. The molecule has 1 amide bonds. The minimum absolute atomic E-state index is 0.124. The zero-order chi connectivity index (χ0) is 16.2. The Kier molecular flexibility index (Phi) is 4.85. The molecule has 1 aliphatic carbocycles. The van der Waals surface area contributed by atoms with Gasteiger partial charge in [-0.25, -0.2) is 0 Å². The molecule has 0 saturated heterocycles. The summed E-state index contributed by atoms with van der Waals surface area (Å²) in [6.07, 6.45) is 4.87. The van der Waals surface area contributed by atoms with E-state index in [1.807, 2.05) is 24.1 Å². The van der Waals surface area contributed by atoms with Crippen LogP contribution in [0, 0.1) is 5.92 Å². The Hall–Kier alpha value is -2.03. The van der Waals surface area contributed by atoms with Crippen molar-refractivity contribution in [3.63, 3.8) is 0 Å². The van der Waals surface area contributed by atoms with E-state index in [-0.39, 0.29) is 5.91 Å². The summed E-state index contributed by atoms with van der Waals surface area (Å²) >= 11 is 0. The number of rotatable bonds is 4. The predicted octanol–water partition coefficient (Wildman–Crippen LogP) is 3.97. The molecular formula is C20H26N2O. The van der Waals surface area contributed by atoms with Gasteiger partial charge in [-0.05, 0) is 41.7 Å². The van der Waals surface area contributed by atoms with E-state index < -0.39 is 0 Å². The first-order chi connectivity index (χ1) is 11.1. The van der Waals surface area contributed by atoms with Crippen molar-refractivity contribution in [2.75, 3.05) is 18.5 Å². The Balaban J connectivity index is 1.62. The van der Waals surface area contributed by atoms with Gasteiger partial charge in [0, 0.05) is 18.8 Å². The number of nitrogens with one attached hydrogen (secondary N) is 1. The Labute approximate surface area is 138 Å². The molecule has 1 saturated carbocycles. The SMILES string of the molecule is C[C@H]1CCCC[C@@H]1NC(=O)CN(C)c1ccc2ccccc2c1. The minimum Gasteiger partial charge on any atom is -0.365 e. The fraction of sp³-hybridized carbons (Fsp3) is 0.450. The number of fused-ring (bicyclic) bond motifs is 1. The second-order valence-electron chi connectivity index (χ2n) is 6.82. The Morgan fingerprint density at radius 1 is 1.13 bits per heavy atom. The largest absolute Gasteiger partial charge is 0.365 e. The van der Waals surface area contributed by atoms with Crippen molar-refractivity contribution in [2.24, 2.45) is 5.92 Å². The molecule has 3 rings (SSSR count). The second kappa shape index (κ2) is 7.03. The lowest BCUT2D eigenvalue weighted by atomic mass is 9.86. The van der Waals surface area contributed by atoms with Crippen molar-refractivity contribution < 1.29 is 4.79 Å². The van der Waals surface area contributed by atoms with Crippen LogP contribution in [0.25, 0.3) is 10.8 Å². The van der Waals surface area contributed by atoms with E-state index in [0.717, 1.165) is 12.1 Å². The summed E-state index contributed by atoms with van der Waals surface area (Å²) in [5.74, 6) is 0.720. The molecule has 3 heteroatoms. The summed E-state index contributed by atoms with van der Waals surface area (Å²) in [5.41, 5.74) is 1.08. The molecule has 0 aromatic heterocycles. The number of hydrogen-bond acceptors (Lipinski definition) is 2. The van der Waals surface area contributed by atoms with Crippen molar-refractivity contribution in [1.29, 1.82) is 0 Å². The van der Waals surface area contributed by atoms with E-state index in [2.05, 4.69) is 42.6 Å². The molecule has 1 aliphatic rings. The first kappa shape index (κ1) is 15.9. The third-order valence-corrected chi connectivity index (χ3v) is 5.01. The Bertz CT molecular complexity index is 682. The lowest BCUT2D eigenvalue weighted by molar-refractivity contribution is -0.121. The third kappa shape index (κ3) is 3.84. The van der Waals surface area contributed by atoms with E-state index in [9.17, 15) is 4.79 Å². The molecule has 2 aromatic carbocycles. The number of carbonyl (C=O) groups is 1. The quantitative estimate of drug-likeness (QED) is 0.926. The van der Waals surface area contributed by atoms with Crippen molar-refractivity contribution >= 4 is 22.4 Å². The van der Waals surface area contributed by atoms with Crippen molar-refractivity contribution in [1.82, 2.24) is 5.32 Å². The van der Waals surface area contributed by atoms with Crippen LogP contribution < -0.4 is 10.2 Å². The zero-order valence-corrected chi connectivity index (χ0v) is 14.1. The van der Waals surface area contributed by atoms with E-state index in [0.29, 0.717) is 18.5 Å². The highest BCUT2D eigenvalue weighted by Gasteiger charge is 2.23. The molecule has 0 heterocycles. The van der Waals surface area contributed by atoms with Gasteiger partial charge in [-0.1, -0.05) is 50.1 Å². The summed E-state index contributed by atoms with van der Waals surface area (Å²) in [4.78, 5) is 14.4. The van der Waals surface area contributed by atoms with Gasteiger partial charge in [-0.2, -0.15) is 0 Å². The monoisotopic (exact) mass is 310 g/mol. The fourth-order valence-electron chi connectivity index (χ4n) is 3.50. The molecule has 1 N–H and O–H groups in total. The van der Waals surface area contributed by atoms with E-state index in [4.69, 9.17) is 0 Å². The molecule has 0 aliphatic heterocycles. The van der Waals surface area contributed by atoms with Crippen LogP contribution in [0.3, 0.4) is 0 Å². The van der Waals surface area contributed by atoms with Gasteiger partial charge in [-0.3, -0.25) is 4.79 Å². The summed E-state index contributed by atoms with van der Waals surface area (Å²) in [6, 6.07) is 15.0. The number of amides is 1. The molecule has 122 valence electrons. The Morgan fingerprint density at radius 3 is 2.65 bits per heavy atom. The van der Waals surface area contributed by atoms with Gasteiger partial charge in [0.2, 0.25) is 5.91 Å². The minimum atomic E-state index is 0.124. The van der Waals surface area contributed by atoms with Gasteiger partial charge in [0.1, 0.15) is 0 Å². The van der Waals surface area contributed by atoms with Gasteiger partial charge < -0.3 is 10.2 Å². The third-order valence-electron chi connectivity index (χ3n) is 5.01. The molecule has 0 radical (unpaired) electrons. The number of benzene rings is 2. The van der Waals surface area contributed by atoms with Gasteiger partial charge in [0.15, 0.2) is 0 Å². The molecule has 0 unspecified atom stereocenters. The summed E-state index contributed by atoms with van der Waals surface area (Å²) in [5, 5.41) is 5.66. The van der Waals surface area contributed by atoms with Crippen molar-refractivity contribution in [3.05, 3.63) is 42.5 Å². The number of likely N-dealkylation sites (N-methyl/N-ethyl adjacent to an activating group) is 1. The van der Waals surface area contributed by atoms with Crippen LogP contribution in [0.1, 0.15) is 32.6 Å². The van der Waals surface area contributed by atoms with Crippen molar-refractivity contribution in [2.45, 2.75) is 38.6 Å². The molecule has 23 heavy (non-hydrogen) atoms. The number of hydrogen-bond donors (Lipinski definition) is 1. The first-order valence-corrected chi connectivity index (χ1v) is 8.63. The van der Waals surface area contributed by atoms with Crippen molar-refractivity contribution in [3.8, 4) is 0 Å². The Morgan fingerprint density at radius 2 is 1.87 bits per heavy atom. The number of carbonyl (C=O) groups excluding carboxylic acids is 1. The highest BCUT2D eigenvalue weighted by atomic mass is 16.2. The standard InChI is InChI=1S/C20H26N2O/c1-15-7-3-6-10-19(15)21-20(23)14-22(2)18-12-11-16-8-4-5-9-17(16)13-18/h4-5,8-9,11-13,15,19H,3,6-7,10,14H2,1-2H3,(H,21,23)/t15-,19-/m0/s1. The van der Waals surface area contributed by atoms with E-state index in [1.165, 1.54) is 30.0 Å². The molecule has 3 nitrogen and oxygen atoms in total. The average Bonchev–Trinajstić information content (AvgIpc) is 2.56. The van der Waals surface area contributed by atoms with Gasteiger partial charge in [0.25, 0.3) is 0 Å². The maximum atomic E-state index is 12.4. The van der Waals surface area contributed by atoms with Gasteiger partial charge in [-0.15, -0.1) is 0 Å². The van der Waals surface area contributed by atoms with Crippen LogP contribution in [0.15, 0.2) is 42.5 Å². The topological polar surface area (TPSA) is 32.3 Å². The summed E-state index contributed by atoms with van der Waals surface area (Å²) < 4.78 is 0. The highest BCUT2D eigenvalue weighted by Crippen LogP contribution is 2.24. The van der Waals surface area contributed by atoms with Crippen LogP contribution in [0.5, 0.6) is 0 Å². The summed E-state index contributed by atoms with van der Waals surface area (Å²) in [7, 11) is 1.98. The molecular weight excluding hydrogens is 284 g/mol. The number of nitrogens with zero attached hydrogens (tertiary/aromatic N) is 1. The maximum absolute atomic E-state index is 12.4. The van der Waals surface area contributed by atoms with Gasteiger partial charge in [0.05, 0.1) is 6.54 Å². The molecule has 0 spiro atoms. The molecule has 2 aromatic rings. The predicted molar refractivity (Wildman–Crippen MR) is 96.8 cm³/mol. The smallest absolute Gasteiger partial charge is 0.239 e. The normalized spacial score (nSPS) is 21.1. The highest BCUT2D eigenvalue weighted by molar-refractivity contribution is 5.87. The summed E-state index contributed by atoms with van der Waals surface area (Å²) in [6.45, 7) is 2.65. The van der Waals surface area contributed by atoms with Crippen LogP contribution in [0.4, 0.5) is 5.69 Å². The second-order valence-corrected chi connectivity index (χ2v) is 6.82. The van der Waals surface area contributed by atoms with Crippen LogP contribution in [0.2, 0.25) is 0 Å². The number of anilines is 1. The lowest BCUT2D eigenvalue weighted by Crippen LogP contribution is -2.45. The average molecular weight is 310 g/mol. The fourth-order valence-corrected chi connectivity index (χ4v) is 3.50. The molecule has 2 atom stereocenters. The van der Waals surface area contributed by atoms with Crippen LogP contribution in [-0.4, -0.2) is 25.5 Å². The maximum Gasteiger partial charge on any atom is 0.239 e. The van der Waals surface area contributed by atoms with E-state index >= 15 is 0 Å². The molecule has 1 fully saturated rings. The first-order valence-electron chi connectivity index (χ1n) is 8.63. The lowest BCUT2D eigenvalue weighted by Gasteiger charge is -2.30. The zero-order valence-electron chi connectivity index (χ0n) is 14.1. The van der Waals surface area contributed by atoms with Crippen LogP contribution >= 0.6 is 0 Å². The van der Waals surface area contributed by atoms with E-state index in [1.54, 1.807) is 0 Å².